The number of benzene rings is 1. The van der Waals surface area contributed by atoms with Crippen LogP contribution in [0.3, 0.4) is 0 Å². The van der Waals surface area contributed by atoms with Gasteiger partial charge in [0.1, 0.15) is 6.61 Å². The van der Waals surface area contributed by atoms with Gasteiger partial charge >= 0.3 is 0 Å². The zero-order valence-electron chi connectivity index (χ0n) is 11.3. The first-order chi connectivity index (χ1) is 9.74. The second kappa shape index (κ2) is 7.12. The van der Waals surface area contributed by atoms with Crippen molar-refractivity contribution in [3.05, 3.63) is 52.8 Å². The van der Waals surface area contributed by atoms with Crippen LogP contribution in [0.1, 0.15) is 11.1 Å². The second-order valence-corrected chi connectivity index (χ2v) is 4.70. The summed E-state index contributed by atoms with van der Waals surface area (Å²) in [5.74, 6) is 1.16. The van der Waals surface area contributed by atoms with Gasteiger partial charge in [-0.15, -0.1) is 0 Å². The molecule has 1 aromatic carbocycles. The predicted octanol–water partition coefficient (Wildman–Crippen LogP) is 2.82. The van der Waals surface area contributed by atoms with Gasteiger partial charge in [0.2, 0.25) is 0 Å². The van der Waals surface area contributed by atoms with Crippen molar-refractivity contribution in [3.63, 3.8) is 0 Å². The van der Waals surface area contributed by atoms with Crippen molar-refractivity contribution in [3.8, 4) is 11.5 Å². The largest absolute Gasteiger partial charge is 0.493 e. The Balaban J connectivity index is 2.18. The van der Waals surface area contributed by atoms with Crippen molar-refractivity contribution in [2.24, 2.45) is 5.73 Å². The summed E-state index contributed by atoms with van der Waals surface area (Å²) in [4.78, 5) is 4.04. The molecular formula is C15H17ClN2O2. The Morgan fingerprint density at radius 1 is 1.30 bits per heavy atom. The van der Waals surface area contributed by atoms with Crippen LogP contribution in [0.25, 0.3) is 0 Å². The van der Waals surface area contributed by atoms with E-state index in [4.69, 9.17) is 26.8 Å². The van der Waals surface area contributed by atoms with E-state index in [0.29, 0.717) is 29.7 Å². The number of ether oxygens (including phenoxy) is 2. The van der Waals surface area contributed by atoms with Gasteiger partial charge in [-0.1, -0.05) is 17.7 Å². The Hall–Kier alpha value is -1.78. The van der Waals surface area contributed by atoms with Crippen LogP contribution in [0, 0.1) is 0 Å². The Kier molecular flexibility index (Phi) is 5.21. The van der Waals surface area contributed by atoms with E-state index in [1.807, 2.05) is 24.3 Å². The minimum Gasteiger partial charge on any atom is -0.493 e. The SMILES string of the molecule is COc1cc(CCN)cc(Cl)c1OCc1cccnc1. The molecule has 0 saturated heterocycles. The Morgan fingerprint density at radius 3 is 2.80 bits per heavy atom. The lowest BCUT2D eigenvalue weighted by Crippen LogP contribution is -2.04. The monoisotopic (exact) mass is 292 g/mol. The molecule has 2 rings (SSSR count). The van der Waals surface area contributed by atoms with E-state index in [9.17, 15) is 0 Å². The van der Waals surface area contributed by atoms with Gasteiger partial charge in [-0.3, -0.25) is 4.98 Å². The van der Waals surface area contributed by atoms with E-state index < -0.39 is 0 Å². The summed E-state index contributed by atoms with van der Waals surface area (Å²) in [6.07, 6.45) is 4.22. The highest BCUT2D eigenvalue weighted by Crippen LogP contribution is 2.37. The third-order valence-corrected chi connectivity index (χ3v) is 3.11. The Morgan fingerprint density at radius 2 is 2.15 bits per heavy atom. The van der Waals surface area contributed by atoms with Crippen molar-refractivity contribution in [2.45, 2.75) is 13.0 Å². The van der Waals surface area contributed by atoms with Gasteiger partial charge in [-0.25, -0.2) is 0 Å². The zero-order chi connectivity index (χ0) is 14.4. The molecule has 0 fully saturated rings. The smallest absolute Gasteiger partial charge is 0.180 e. The van der Waals surface area contributed by atoms with Gasteiger partial charge in [0.25, 0.3) is 0 Å². The minimum atomic E-state index is 0.389. The molecule has 0 aliphatic carbocycles. The summed E-state index contributed by atoms with van der Waals surface area (Å²) in [5, 5.41) is 0.525. The van der Waals surface area contributed by atoms with Crippen LogP contribution in [0.5, 0.6) is 11.5 Å². The first-order valence-electron chi connectivity index (χ1n) is 6.32. The number of nitrogens with two attached hydrogens (primary N) is 1. The normalized spacial score (nSPS) is 10.3. The molecule has 0 aliphatic rings. The molecule has 0 bridgehead atoms. The molecule has 5 heteroatoms. The molecule has 4 nitrogen and oxygen atoms in total. The summed E-state index contributed by atoms with van der Waals surface area (Å²) in [5.41, 5.74) is 7.55. The van der Waals surface area contributed by atoms with Crippen LogP contribution in [0.15, 0.2) is 36.7 Å². The van der Waals surface area contributed by atoms with Crippen LogP contribution >= 0.6 is 11.6 Å². The number of pyridine rings is 1. The second-order valence-electron chi connectivity index (χ2n) is 4.30. The van der Waals surface area contributed by atoms with E-state index in [0.717, 1.165) is 17.5 Å². The van der Waals surface area contributed by atoms with Gasteiger partial charge in [0, 0.05) is 18.0 Å². The van der Waals surface area contributed by atoms with E-state index >= 15 is 0 Å². The summed E-state index contributed by atoms with van der Waals surface area (Å²) < 4.78 is 11.1. The van der Waals surface area contributed by atoms with E-state index in [2.05, 4.69) is 4.98 Å². The maximum absolute atomic E-state index is 6.25. The highest BCUT2D eigenvalue weighted by molar-refractivity contribution is 6.32. The van der Waals surface area contributed by atoms with Gasteiger partial charge in [0.15, 0.2) is 11.5 Å². The van der Waals surface area contributed by atoms with Crippen molar-refractivity contribution in [1.82, 2.24) is 4.98 Å². The van der Waals surface area contributed by atoms with Crippen LogP contribution in [0.2, 0.25) is 5.02 Å². The Labute approximate surface area is 123 Å². The molecule has 2 N–H and O–H groups in total. The predicted molar refractivity (Wildman–Crippen MR) is 79.3 cm³/mol. The average molecular weight is 293 g/mol. The summed E-state index contributed by atoms with van der Waals surface area (Å²) in [6, 6.07) is 7.56. The number of halogens is 1. The number of aromatic nitrogens is 1. The Bertz CT molecular complexity index is 561. The molecule has 2 aromatic rings. The third kappa shape index (κ3) is 3.62. The highest BCUT2D eigenvalue weighted by Gasteiger charge is 2.12. The molecule has 0 unspecified atom stereocenters. The summed E-state index contributed by atoms with van der Waals surface area (Å²) in [7, 11) is 1.59. The maximum Gasteiger partial charge on any atom is 0.180 e. The summed E-state index contributed by atoms with van der Waals surface area (Å²) >= 11 is 6.25. The molecule has 0 atom stereocenters. The molecule has 0 saturated carbocycles. The van der Waals surface area contributed by atoms with Crippen molar-refractivity contribution in [2.75, 3.05) is 13.7 Å². The molecule has 0 amide bonds. The summed E-state index contributed by atoms with van der Waals surface area (Å²) in [6.45, 7) is 0.954. The number of hydrogen-bond donors (Lipinski definition) is 1. The lowest BCUT2D eigenvalue weighted by Gasteiger charge is -2.14. The van der Waals surface area contributed by atoms with Gasteiger partial charge < -0.3 is 15.2 Å². The maximum atomic E-state index is 6.25. The van der Waals surface area contributed by atoms with Crippen LogP contribution < -0.4 is 15.2 Å². The number of rotatable bonds is 6. The van der Waals surface area contributed by atoms with Crippen molar-refractivity contribution < 1.29 is 9.47 Å². The molecule has 0 radical (unpaired) electrons. The van der Waals surface area contributed by atoms with E-state index in [1.165, 1.54) is 0 Å². The lowest BCUT2D eigenvalue weighted by atomic mass is 10.1. The average Bonchev–Trinajstić information content (AvgIpc) is 2.47. The third-order valence-electron chi connectivity index (χ3n) is 2.83. The molecular weight excluding hydrogens is 276 g/mol. The number of nitrogens with zero attached hydrogens (tertiary/aromatic N) is 1. The molecule has 106 valence electrons. The van der Waals surface area contributed by atoms with Gasteiger partial charge in [0.05, 0.1) is 12.1 Å². The van der Waals surface area contributed by atoms with Crippen LogP contribution in [0.4, 0.5) is 0 Å². The fraction of sp³-hybridized carbons (Fsp3) is 0.267. The standard InChI is InChI=1S/C15H17ClN2O2/c1-19-14-8-11(4-5-17)7-13(16)15(14)20-10-12-3-2-6-18-9-12/h2-3,6-9H,4-5,10,17H2,1H3. The number of methoxy groups -OCH3 is 1. The quantitative estimate of drug-likeness (QED) is 0.889. The molecule has 1 heterocycles. The fourth-order valence-corrected chi connectivity index (χ4v) is 2.15. The minimum absolute atomic E-state index is 0.389. The zero-order valence-corrected chi connectivity index (χ0v) is 12.1. The van der Waals surface area contributed by atoms with E-state index in [-0.39, 0.29) is 0 Å². The molecule has 0 aliphatic heterocycles. The first kappa shape index (κ1) is 14.6. The van der Waals surface area contributed by atoms with Gasteiger partial charge in [-0.05, 0) is 36.7 Å². The molecule has 1 aromatic heterocycles. The van der Waals surface area contributed by atoms with Crippen LogP contribution in [-0.2, 0) is 13.0 Å². The van der Waals surface area contributed by atoms with Crippen molar-refractivity contribution >= 4 is 11.6 Å². The van der Waals surface area contributed by atoms with Crippen molar-refractivity contribution in [1.29, 1.82) is 0 Å². The lowest BCUT2D eigenvalue weighted by molar-refractivity contribution is 0.284. The van der Waals surface area contributed by atoms with Gasteiger partial charge in [-0.2, -0.15) is 0 Å². The number of hydrogen-bond acceptors (Lipinski definition) is 4. The van der Waals surface area contributed by atoms with Crippen LogP contribution in [-0.4, -0.2) is 18.6 Å². The topological polar surface area (TPSA) is 57.4 Å². The van der Waals surface area contributed by atoms with E-state index in [1.54, 1.807) is 19.5 Å². The first-order valence-corrected chi connectivity index (χ1v) is 6.70. The highest BCUT2D eigenvalue weighted by atomic mass is 35.5. The molecule has 20 heavy (non-hydrogen) atoms. The fourth-order valence-electron chi connectivity index (χ4n) is 1.86. The molecule has 0 spiro atoms.